The Balaban J connectivity index is 2.91. The van der Waals surface area contributed by atoms with E-state index in [1.807, 2.05) is 6.92 Å². The smallest absolute Gasteiger partial charge is 0.206 e. The number of nitrogens with zero attached hydrogens (tertiary/aromatic N) is 1. The van der Waals surface area contributed by atoms with Crippen LogP contribution >= 0.6 is 22.9 Å². The molecule has 6 heteroatoms. The molecule has 0 aliphatic heterocycles. The summed E-state index contributed by atoms with van der Waals surface area (Å²) in [5.74, 6) is 0.362. The highest BCUT2D eigenvalue weighted by atomic mass is 35.5. The second kappa shape index (κ2) is 6.73. The molecule has 0 aliphatic rings. The summed E-state index contributed by atoms with van der Waals surface area (Å²) in [4.78, 5) is 0.886. The topological polar surface area (TPSA) is 37.4 Å². The van der Waals surface area contributed by atoms with Crippen molar-refractivity contribution in [2.45, 2.75) is 36.8 Å². The van der Waals surface area contributed by atoms with E-state index in [1.165, 1.54) is 15.6 Å². The molecule has 0 radical (unpaired) electrons. The van der Waals surface area contributed by atoms with Gasteiger partial charge in [0, 0.05) is 18.0 Å². The molecular formula is C11H18ClNO2S2. The van der Waals surface area contributed by atoms with Crippen molar-refractivity contribution >= 4 is 33.0 Å². The molecule has 0 amide bonds. The summed E-state index contributed by atoms with van der Waals surface area (Å²) in [5.41, 5.74) is 0. The molecule has 0 saturated carbocycles. The van der Waals surface area contributed by atoms with Gasteiger partial charge in [-0.05, 0) is 18.6 Å². The maximum Gasteiger partial charge on any atom is 0.252 e. The lowest BCUT2D eigenvalue weighted by atomic mass is 10.3. The summed E-state index contributed by atoms with van der Waals surface area (Å²) in [6.45, 7) is 5.01. The highest BCUT2D eigenvalue weighted by Crippen LogP contribution is 2.26. The molecule has 1 aromatic rings. The Morgan fingerprint density at radius 1 is 1.35 bits per heavy atom. The fourth-order valence-corrected chi connectivity index (χ4v) is 4.58. The average molecular weight is 296 g/mol. The average Bonchev–Trinajstić information content (AvgIpc) is 2.79. The molecule has 0 spiro atoms. The van der Waals surface area contributed by atoms with E-state index < -0.39 is 10.0 Å². The Hall–Kier alpha value is -0.100. The number of alkyl halides is 1. The lowest BCUT2D eigenvalue weighted by Gasteiger charge is -2.18. The molecule has 3 nitrogen and oxygen atoms in total. The summed E-state index contributed by atoms with van der Waals surface area (Å²) in [6.07, 6.45) is 1.88. The number of sulfonamides is 1. The van der Waals surface area contributed by atoms with Crippen LogP contribution in [0.25, 0.3) is 0 Å². The molecule has 0 atom stereocenters. The maximum atomic E-state index is 12.3. The minimum atomic E-state index is -3.32. The Morgan fingerprint density at radius 2 is 2.06 bits per heavy atom. The van der Waals surface area contributed by atoms with E-state index in [-0.39, 0.29) is 0 Å². The zero-order valence-electron chi connectivity index (χ0n) is 10.1. The van der Waals surface area contributed by atoms with Gasteiger partial charge in [0.15, 0.2) is 0 Å². The number of hydrogen-bond donors (Lipinski definition) is 0. The van der Waals surface area contributed by atoms with E-state index in [0.717, 1.165) is 17.7 Å². The summed E-state index contributed by atoms with van der Waals surface area (Å²) in [5, 5.41) is 0. The van der Waals surface area contributed by atoms with Gasteiger partial charge in [-0.2, -0.15) is 4.31 Å². The normalized spacial score (nSPS) is 12.2. The lowest BCUT2D eigenvalue weighted by molar-refractivity contribution is 0.420. The van der Waals surface area contributed by atoms with Gasteiger partial charge in [0.1, 0.15) is 4.21 Å². The predicted molar refractivity (Wildman–Crippen MR) is 73.2 cm³/mol. The molecule has 0 aliphatic carbocycles. The SMILES string of the molecule is CCCCN(CC)S(=O)(=O)c1ccc(CCl)s1. The minimum Gasteiger partial charge on any atom is -0.206 e. The van der Waals surface area contributed by atoms with Crippen molar-refractivity contribution in [2.75, 3.05) is 13.1 Å². The first-order chi connectivity index (χ1) is 8.06. The van der Waals surface area contributed by atoms with Crippen LogP contribution in [0, 0.1) is 0 Å². The fraction of sp³-hybridized carbons (Fsp3) is 0.636. The monoisotopic (exact) mass is 295 g/mol. The summed E-state index contributed by atoms with van der Waals surface area (Å²) >= 11 is 6.94. The van der Waals surface area contributed by atoms with E-state index in [9.17, 15) is 8.42 Å². The lowest BCUT2D eigenvalue weighted by Crippen LogP contribution is -2.31. The van der Waals surface area contributed by atoms with Crippen LogP contribution in [0.4, 0.5) is 0 Å². The van der Waals surface area contributed by atoms with Crippen LogP contribution in [0.3, 0.4) is 0 Å². The van der Waals surface area contributed by atoms with Crippen molar-refractivity contribution in [3.05, 3.63) is 17.0 Å². The molecular weight excluding hydrogens is 278 g/mol. The molecule has 0 N–H and O–H groups in total. The van der Waals surface area contributed by atoms with Crippen LogP contribution in [0.15, 0.2) is 16.3 Å². The number of hydrogen-bond acceptors (Lipinski definition) is 3. The van der Waals surface area contributed by atoms with Crippen LogP contribution in [0.1, 0.15) is 31.6 Å². The first-order valence-electron chi connectivity index (χ1n) is 5.71. The third-order valence-corrected chi connectivity index (χ3v) is 6.45. The molecule has 0 fully saturated rings. The van der Waals surface area contributed by atoms with Gasteiger partial charge in [0.2, 0.25) is 0 Å². The summed E-state index contributed by atoms with van der Waals surface area (Å²) in [7, 11) is -3.32. The van der Waals surface area contributed by atoms with Crippen molar-refractivity contribution in [1.82, 2.24) is 4.31 Å². The van der Waals surface area contributed by atoms with Crippen LogP contribution in [0.2, 0.25) is 0 Å². The fourth-order valence-electron chi connectivity index (χ4n) is 1.48. The van der Waals surface area contributed by atoms with Gasteiger partial charge in [-0.1, -0.05) is 20.3 Å². The van der Waals surface area contributed by atoms with Crippen LogP contribution in [-0.2, 0) is 15.9 Å². The second-order valence-electron chi connectivity index (χ2n) is 3.70. The number of rotatable bonds is 7. The Labute approximate surface area is 112 Å². The van der Waals surface area contributed by atoms with Gasteiger partial charge in [0.05, 0.1) is 5.88 Å². The first kappa shape index (κ1) is 15.0. The van der Waals surface area contributed by atoms with E-state index in [4.69, 9.17) is 11.6 Å². The van der Waals surface area contributed by atoms with Gasteiger partial charge < -0.3 is 0 Å². The standard InChI is InChI=1S/C11H18ClNO2S2/c1-3-5-8-13(4-2)17(14,15)11-7-6-10(9-12)16-11/h6-7H,3-5,8-9H2,1-2H3. The van der Waals surface area contributed by atoms with Crippen molar-refractivity contribution < 1.29 is 8.42 Å². The third kappa shape index (κ3) is 3.68. The molecule has 0 bridgehead atoms. The zero-order chi connectivity index (χ0) is 12.9. The van der Waals surface area contributed by atoms with Gasteiger partial charge in [-0.3, -0.25) is 0 Å². The largest absolute Gasteiger partial charge is 0.252 e. The van der Waals surface area contributed by atoms with Crippen molar-refractivity contribution in [1.29, 1.82) is 0 Å². The highest BCUT2D eigenvalue weighted by molar-refractivity contribution is 7.91. The molecule has 0 saturated heterocycles. The predicted octanol–water partition coefficient (Wildman–Crippen LogP) is 3.30. The summed E-state index contributed by atoms with van der Waals surface area (Å²) in [6, 6.07) is 3.42. The Bertz CT molecular complexity index is 442. The van der Waals surface area contributed by atoms with Gasteiger partial charge >= 0.3 is 0 Å². The molecule has 17 heavy (non-hydrogen) atoms. The van der Waals surface area contributed by atoms with Crippen molar-refractivity contribution in [2.24, 2.45) is 0 Å². The van der Waals surface area contributed by atoms with Crippen molar-refractivity contribution in [3.63, 3.8) is 0 Å². The first-order valence-corrected chi connectivity index (χ1v) is 8.50. The van der Waals surface area contributed by atoms with Gasteiger partial charge in [0.25, 0.3) is 10.0 Å². The molecule has 0 aromatic carbocycles. The van der Waals surface area contributed by atoms with Gasteiger partial charge in [-0.15, -0.1) is 22.9 Å². The van der Waals surface area contributed by atoms with Crippen molar-refractivity contribution in [3.8, 4) is 0 Å². The maximum absolute atomic E-state index is 12.3. The van der Waals surface area contributed by atoms with Crippen LogP contribution in [0.5, 0.6) is 0 Å². The second-order valence-corrected chi connectivity index (χ2v) is 7.30. The highest BCUT2D eigenvalue weighted by Gasteiger charge is 2.24. The molecule has 1 rings (SSSR count). The van der Waals surface area contributed by atoms with Crippen LogP contribution < -0.4 is 0 Å². The molecule has 98 valence electrons. The number of unbranched alkanes of at least 4 members (excludes halogenated alkanes) is 1. The minimum absolute atomic E-state index is 0.362. The van der Waals surface area contributed by atoms with E-state index in [1.54, 1.807) is 12.1 Å². The number of halogens is 1. The zero-order valence-corrected chi connectivity index (χ0v) is 12.5. The molecule has 1 aromatic heterocycles. The molecule has 1 heterocycles. The Kier molecular flexibility index (Phi) is 5.92. The Morgan fingerprint density at radius 3 is 2.53 bits per heavy atom. The van der Waals surface area contributed by atoms with Gasteiger partial charge in [-0.25, -0.2) is 8.42 Å². The third-order valence-electron chi connectivity index (χ3n) is 2.48. The van der Waals surface area contributed by atoms with E-state index >= 15 is 0 Å². The van der Waals surface area contributed by atoms with E-state index in [0.29, 0.717) is 23.2 Å². The molecule has 0 unspecified atom stereocenters. The van der Waals surface area contributed by atoms with Crippen LogP contribution in [-0.4, -0.2) is 25.8 Å². The van der Waals surface area contributed by atoms with E-state index in [2.05, 4.69) is 6.92 Å². The number of thiophene rings is 1. The quantitative estimate of drug-likeness (QED) is 0.724. The summed E-state index contributed by atoms with van der Waals surface area (Å²) < 4.78 is 26.5.